The Hall–Kier alpha value is -3.97. The lowest BCUT2D eigenvalue weighted by Gasteiger charge is -2.48. The van der Waals surface area contributed by atoms with E-state index in [4.69, 9.17) is 47.4 Å². The van der Waals surface area contributed by atoms with Gasteiger partial charge in [0.2, 0.25) is 0 Å². The molecule has 0 N–H and O–H groups in total. The number of esters is 8. The molecule has 0 aromatic rings. The molecule has 0 bridgehead atoms. The van der Waals surface area contributed by atoms with E-state index < -0.39 is 121 Å². The van der Waals surface area contributed by atoms with Gasteiger partial charge in [0, 0.05) is 55.4 Å². The largest absolute Gasteiger partial charge is 0.465 e. The standard InChI is InChI=1S/C28H38O18S/c1-11(29)37-9-19-21(39-13(3)31)23(40-14(4)32)25(42-16(6)34)27(45-19)46-22-20(10-38-12(2)30)47-28(44-18(8)36)26(43-17(7)35)24(22)41-15(5)33/h19-28H,9-10H2,1-8H3/t19-,20+,21-,22-,23+,24+,25-,26-,27-,28+/m1/s1. The quantitative estimate of drug-likeness (QED) is 0.192. The van der Waals surface area contributed by atoms with E-state index in [0.29, 0.717) is 0 Å². The first kappa shape index (κ1) is 39.2. The van der Waals surface area contributed by atoms with E-state index in [1.54, 1.807) is 0 Å². The summed E-state index contributed by atoms with van der Waals surface area (Å²) >= 11 is 0.829. The summed E-state index contributed by atoms with van der Waals surface area (Å²) in [5.74, 6) is -6.66. The summed E-state index contributed by atoms with van der Waals surface area (Å²) in [7, 11) is 0. The van der Waals surface area contributed by atoms with Crippen molar-refractivity contribution in [2.24, 2.45) is 0 Å². The van der Waals surface area contributed by atoms with Gasteiger partial charge in [-0.2, -0.15) is 0 Å². The normalized spacial score (nSPS) is 30.0. The topological polar surface area (TPSA) is 229 Å². The second kappa shape index (κ2) is 17.8. The van der Waals surface area contributed by atoms with Crippen molar-refractivity contribution in [3.63, 3.8) is 0 Å². The molecule has 0 radical (unpaired) electrons. The third-order valence-corrected chi connectivity index (χ3v) is 7.55. The SMILES string of the molecule is CC(=O)OC[C@@H]1S[C@H](OC(C)=O)[C@H](OC(C)=O)[C@@H](OC(C)=O)[C@@H]1O[C@H]1O[C@H](COC(C)=O)[C@@H](OC(C)=O)[C@H](OC(C)=O)[C@H]1OC(C)=O. The highest BCUT2D eigenvalue weighted by Gasteiger charge is 2.57. The van der Waals surface area contributed by atoms with E-state index in [1.807, 2.05) is 0 Å². The lowest BCUT2D eigenvalue weighted by Crippen LogP contribution is -2.66. The molecule has 0 amide bonds. The predicted molar refractivity (Wildman–Crippen MR) is 152 cm³/mol. The van der Waals surface area contributed by atoms with Crippen molar-refractivity contribution in [2.75, 3.05) is 13.2 Å². The lowest BCUT2D eigenvalue weighted by molar-refractivity contribution is -0.325. The summed E-state index contributed by atoms with van der Waals surface area (Å²) < 4.78 is 55.1. The fourth-order valence-corrected chi connectivity index (χ4v) is 6.15. The van der Waals surface area contributed by atoms with E-state index in [9.17, 15) is 38.4 Å². The highest BCUT2D eigenvalue weighted by atomic mass is 32.2. The fourth-order valence-electron chi connectivity index (χ4n) is 4.73. The Bertz CT molecular complexity index is 1200. The van der Waals surface area contributed by atoms with Crippen LogP contribution in [0.1, 0.15) is 55.4 Å². The number of carbonyl (C=O) groups excluding carboxylic acids is 8. The number of ether oxygens (including phenoxy) is 10. The zero-order chi connectivity index (χ0) is 35.6. The maximum Gasteiger partial charge on any atom is 0.303 e. The molecule has 2 aliphatic heterocycles. The van der Waals surface area contributed by atoms with Crippen molar-refractivity contribution < 1.29 is 85.7 Å². The summed E-state index contributed by atoms with van der Waals surface area (Å²) in [5.41, 5.74) is -1.29. The van der Waals surface area contributed by atoms with Crippen LogP contribution in [-0.4, -0.2) is 121 Å². The lowest BCUT2D eigenvalue weighted by atomic mass is 9.97. The predicted octanol–water partition coefficient (Wildman–Crippen LogP) is -0.114. The highest BCUT2D eigenvalue weighted by molar-refractivity contribution is 8.00. The monoisotopic (exact) mass is 694 g/mol. The highest BCUT2D eigenvalue weighted by Crippen LogP contribution is 2.41. The number of rotatable bonds is 12. The average molecular weight is 695 g/mol. The first-order valence-electron chi connectivity index (χ1n) is 14.2. The Morgan fingerprint density at radius 3 is 1.34 bits per heavy atom. The third kappa shape index (κ3) is 12.3. The fraction of sp³-hybridized carbons (Fsp3) is 0.714. The van der Waals surface area contributed by atoms with Crippen LogP contribution in [0.4, 0.5) is 0 Å². The molecule has 10 atom stereocenters. The van der Waals surface area contributed by atoms with E-state index in [1.165, 1.54) is 0 Å². The zero-order valence-corrected chi connectivity index (χ0v) is 27.8. The summed E-state index contributed by atoms with van der Waals surface area (Å²) in [6.07, 6.45) is -12.5. The molecule has 0 aromatic heterocycles. The molecule has 2 rings (SSSR count). The van der Waals surface area contributed by atoms with Crippen molar-refractivity contribution in [1.82, 2.24) is 0 Å². The molecule has 0 aliphatic carbocycles. The van der Waals surface area contributed by atoms with Crippen LogP contribution in [0.25, 0.3) is 0 Å². The molecule has 2 heterocycles. The van der Waals surface area contributed by atoms with Crippen molar-refractivity contribution in [2.45, 2.75) is 115 Å². The summed E-state index contributed by atoms with van der Waals surface area (Å²) in [6, 6.07) is 0. The van der Waals surface area contributed by atoms with Gasteiger partial charge in [-0.05, 0) is 0 Å². The molecule has 0 saturated carbocycles. The van der Waals surface area contributed by atoms with Crippen molar-refractivity contribution in [1.29, 1.82) is 0 Å². The van der Waals surface area contributed by atoms with Gasteiger partial charge in [-0.15, -0.1) is 11.8 Å². The van der Waals surface area contributed by atoms with Crippen LogP contribution in [0.2, 0.25) is 0 Å². The maximum atomic E-state index is 12.3. The van der Waals surface area contributed by atoms with Gasteiger partial charge in [0.05, 0.1) is 5.25 Å². The van der Waals surface area contributed by atoms with Gasteiger partial charge in [0.25, 0.3) is 0 Å². The van der Waals surface area contributed by atoms with Crippen molar-refractivity contribution in [3.05, 3.63) is 0 Å². The first-order chi connectivity index (χ1) is 21.9. The van der Waals surface area contributed by atoms with Gasteiger partial charge in [-0.25, -0.2) is 0 Å². The molecular weight excluding hydrogens is 656 g/mol. The molecule has 0 aromatic carbocycles. The second-order valence-electron chi connectivity index (χ2n) is 10.3. The van der Waals surface area contributed by atoms with Crippen LogP contribution in [0, 0.1) is 0 Å². The third-order valence-electron chi connectivity index (χ3n) is 6.17. The number of hydrogen-bond acceptors (Lipinski definition) is 19. The van der Waals surface area contributed by atoms with Gasteiger partial charge < -0.3 is 47.4 Å². The van der Waals surface area contributed by atoms with Gasteiger partial charge in [0.1, 0.15) is 25.4 Å². The Morgan fingerprint density at radius 2 is 0.872 bits per heavy atom. The van der Waals surface area contributed by atoms with E-state index in [2.05, 4.69) is 0 Å². The molecule has 18 nitrogen and oxygen atoms in total. The minimum atomic E-state index is -1.76. The number of thioether (sulfide) groups is 1. The van der Waals surface area contributed by atoms with E-state index >= 15 is 0 Å². The molecular formula is C28H38O18S. The molecule has 2 saturated heterocycles. The van der Waals surface area contributed by atoms with Crippen LogP contribution < -0.4 is 0 Å². The Kier molecular flexibility index (Phi) is 14.9. The molecule has 0 spiro atoms. The Labute approximate surface area is 273 Å². The number of hydrogen-bond donors (Lipinski definition) is 0. The van der Waals surface area contributed by atoms with Gasteiger partial charge in [-0.3, -0.25) is 38.4 Å². The second-order valence-corrected chi connectivity index (χ2v) is 11.6. The Balaban J connectivity index is 2.73. The molecule has 2 aliphatic rings. The molecule has 2 fully saturated rings. The van der Waals surface area contributed by atoms with Gasteiger partial charge in [0.15, 0.2) is 42.2 Å². The van der Waals surface area contributed by atoms with Gasteiger partial charge >= 0.3 is 47.8 Å². The van der Waals surface area contributed by atoms with Crippen LogP contribution in [0.3, 0.4) is 0 Å². The average Bonchev–Trinajstić information content (AvgIpc) is 2.91. The van der Waals surface area contributed by atoms with Crippen LogP contribution in [0.15, 0.2) is 0 Å². The molecule has 19 heteroatoms. The van der Waals surface area contributed by atoms with Crippen molar-refractivity contribution in [3.8, 4) is 0 Å². The van der Waals surface area contributed by atoms with Crippen LogP contribution in [0.5, 0.6) is 0 Å². The van der Waals surface area contributed by atoms with E-state index in [0.717, 1.165) is 67.2 Å². The zero-order valence-electron chi connectivity index (χ0n) is 26.9. The van der Waals surface area contributed by atoms with E-state index in [-0.39, 0.29) is 0 Å². The smallest absolute Gasteiger partial charge is 0.303 e. The van der Waals surface area contributed by atoms with Gasteiger partial charge in [-0.1, -0.05) is 0 Å². The Morgan fingerprint density at radius 1 is 0.468 bits per heavy atom. The molecule has 264 valence electrons. The maximum absolute atomic E-state index is 12.3. The molecule has 47 heavy (non-hydrogen) atoms. The number of carbonyl (C=O) groups is 8. The van der Waals surface area contributed by atoms with Crippen LogP contribution in [-0.2, 0) is 85.7 Å². The minimum Gasteiger partial charge on any atom is -0.465 e. The summed E-state index contributed by atoms with van der Waals surface area (Å²) in [5, 5.41) is -1.05. The van der Waals surface area contributed by atoms with Crippen LogP contribution >= 0.6 is 11.8 Å². The van der Waals surface area contributed by atoms with Crippen molar-refractivity contribution >= 4 is 59.5 Å². The minimum absolute atomic E-state index is 0.432. The first-order valence-corrected chi connectivity index (χ1v) is 15.1. The summed E-state index contributed by atoms with van der Waals surface area (Å²) in [6.45, 7) is 7.52. The summed E-state index contributed by atoms with van der Waals surface area (Å²) in [4.78, 5) is 96.5. The molecule has 0 unspecified atom stereocenters.